The average molecular weight is 385 g/mol. The highest BCUT2D eigenvalue weighted by Gasteiger charge is 2.17. The maximum atomic E-state index is 11.4. The Bertz CT molecular complexity index is 966. The molecule has 0 radical (unpaired) electrons. The van der Waals surface area contributed by atoms with Gasteiger partial charge in [0.1, 0.15) is 11.6 Å². The molecule has 0 aliphatic carbocycles. The number of nitrogens with one attached hydrogen (secondary N) is 1. The number of benzene rings is 1. The van der Waals surface area contributed by atoms with Crippen molar-refractivity contribution >= 4 is 28.8 Å². The molecule has 130 valence electrons. The molecule has 0 aliphatic heterocycles. The fraction of sp³-hybridized carbons (Fsp3) is 0.0556. The van der Waals surface area contributed by atoms with Gasteiger partial charge in [0.05, 0.1) is 10.6 Å². The van der Waals surface area contributed by atoms with Crippen LogP contribution in [-0.4, -0.2) is 17.5 Å². The second-order valence-corrected chi connectivity index (χ2v) is 6.57. The van der Waals surface area contributed by atoms with E-state index in [2.05, 4.69) is 11.1 Å². The summed E-state index contributed by atoms with van der Waals surface area (Å²) in [5, 5.41) is 12.2. The molecule has 3 N–H and O–H groups in total. The van der Waals surface area contributed by atoms with E-state index in [1.54, 1.807) is 12.1 Å². The molecule has 0 unspecified atom stereocenters. The zero-order valence-electron chi connectivity index (χ0n) is 13.4. The van der Waals surface area contributed by atoms with Crippen LogP contribution in [0.25, 0.3) is 21.7 Å². The van der Waals surface area contributed by atoms with Crippen molar-refractivity contribution in [3.05, 3.63) is 58.4 Å². The molecule has 8 heteroatoms. The van der Waals surface area contributed by atoms with Crippen molar-refractivity contribution in [3.8, 4) is 33.6 Å². The molecule has 0 fully saturated rings. The SMILES string of the molecule is N#Cc1c(-c2ccc(Cl)cc2)cc(-c2cccs2)nc1OCC(=O)NN. The third-order valence-corrected chi connectivity index (χ3v) is 4.67. The lowest BCUT2D eigenvalue weighted by Crippen LogP contribution is -2.34. The van der Waals surface area contributed by atoms with Gasteiger partial charge in [-0.3, -0.25) is 10.2 Å². The van der Waals surface area contributed by atoms with Gasteiger partial charge < -0.3 is 4.74 Å². The van der Waals surface area contributed by atoms with E-state index >= 15 is 0 Å². The van der Waals surface area contributed by atoms with Crippen molar-refractivity contribution in [1.29, 1.82) is 5.26 Å². The van der Waals surface area contributed by atoms with Crippen molar-refractivity contribution in [2.75, 3.05) is 6.61 Å². The third kappa shape index (κ3) is 3.83. The van der Waals surface area contributed by atoms with Gasteiger partial charge >= 0.3 is 0 Å². The van der Waals surface area contributed by atoms with E-state index in [9.17, 15) is 10.1 Å². The molecule has 3 rings (SSSR count). The summed E-state index contributed by atoms with van der Waals surface area (Å²) >= 11 is 7.47. The molecule has 2 heterocycles. The first-order chi connectivity index (χ1) is 12.6. The number of carbonyl (C=O) groups excluding carboxylic acids is 1. The van der Waals surface area contributed by atoms with E-state index in [1.807, 2.05) is 41.1 Å². The molecule has 1 aromatic carbocycles. The summed E-state index contributed by atoms with van der Waals surface area (Å²) in [5.74, 6) is 4.63. The Labute approximate surface area is 158 Å². The van der Waals surface area contributed by atoms with Gasteiger partial charge in [-0.25, -0.2) is 10.8 Å². The first-order valence-electron chi connectivity index (χ1n) is 7.49. The first-order valence-corrected chi connectivity index (χ1v) is 8.75. The van der Waals surface area contributed by atoms with Crippen LogP contribution in [0.3, 0.4) is 0 Å². The Morgan fingerprint density at radius 1 is 1.35 bits per heavy atom. The van der Waals surface area contributed by atoms with Gasteiger partial charge in [-0.15, -0.1) is 11.3 Å². The van der Waals surface area contributed by atoms with Crippen LogP contribution in [0.15, 0.2) is 47.8 Å². The van der Waals surface area contributed by atoms with Crippen molar-refractivity contribution < 1.29 is 9.53 Å². The molecule has 3 aromatic rings. The molecule has 0 spiro atoms. The number of nitrogens with two attached hydrogens (primary N) is 1. The number of nitrogens with zero attached hydrogens (tertiary/aromatic N) is 2. The maximum absolute atomic E-state index is 11.4. The molecule has 0 saturated carbocycles. The van der Waals surface area contributed by atoms with Crippen molar-refractivity contribution in [2.24, 2.45) is 5.84 Å². The monoisotopic (exact) mass is 384 g/mol. The Morgan fingerprint density at radius 2 is 2.12 bits per heavy atom. The number of hydrazine groups is 1. The Balaban J connectivity index is 2.14. The number of hydrogen-bond acceptors (Lipinski definition) is 6. The third-order valence-electron chi connectivity index (χ3n) is 3.53. The topological polar surface area (TPSA) is 101 Å². The smallest absolute Gasteiger partial charge is 0.271 e. The Morgan fingerprint density at radius 3 is 2.73 bits per heavy atom. The van der Waals surface area contributed by atoms with Crippen molar-refractivity contribution in [2.45, 2.75) is 0 Å². The molecule has 6 nitrogen and oxygen atoms in total. The molecule has 0 saturated heterocycles. The lowest BCUT2D eigenvalue weighted by Gasteiger charge is -2.12. The van der Waals surface area contributed by atoms with E-state index in [0.29, 0.717) is 16.3 Å². The van der Waals surface area contributed by atoms with Crippen LogP contribution in [0.2, 0.25) is 5.02 Å². The van der Waals surface area contributed by atoms with E-state index in [0.717, 1.165) is 10.4 Å². The molecule has 26 heavy (non-hydrogen) atoms. The summed E-state index contributed by atoms with van der Waals surface area (Å²) in [6, 6.07) is 14.9. The van der Waals surface area contributed by atoms with Gasteiger partial charge in [0, 0.05) is 10.6 Å². The standard InChI is InChI=1S/C18H13ClN4O2S/c19-12-5-3-11(4-6-12)13-8-15(16-2-1-7-26-16)22-18(14(13)9-20)25-10-17(24)23-21/h1-8H,10,21H2,(H,23,24). The van der Waals surface area contributed by atoms with Crippen LogP contribution in [0, 0.1) is 11.3 Å². The fourth-order valence-electron chi connectivity index (χ4n) is 2.32. The van der Waals surface area contributed by atoms with E-state index in [-0.39, 0.29) is 18.1 Å². The van der Waals surface area contributed by atoms with Crippen LogP contribution >= 0.6 is 22.9 Å². The molecule has 0 atom stereocenters. The highest BCUT2D eigenvalue weighted by atomic mass is 35.5. The number of carbonyl (C=O) groups is 1. The van der Waals surface area contributed by atoms with Crippen LogP contribution in [-0.2, 0) is 4.79 Å². The average Bonchev–Trinajstić information content (AvgIpc) is 3.20. The number of ether oxygens (including phenoxy) is 1. The van der Waals surface area contributed by atoms with Crippen molar-refractivity contribution in [1.82, 2.24) is 10.4 Å². The zero-order chi connectivity index (χ0) is 18.5. The summed E-state index contributed by atoms with van der Waals surface area (Å²) in [6.07, 6.45) is 0. The molecule has 0 bridgehead atoms. The highest BCUT2D eigenvalue weighted by molar-refractivity contribution is 7.13. The van der Waals surface area contributed by atoms with Crippen LogP contribution < -0.4 is 16.0 Å². The minimum atomic E-state index is -0.523. The van der Waals surface area contributed by atoms with Gasteiger partial charge in [0.15, 0.2) is 6.61 Å². The lowest BCUT2D eigenvalue weighted by atomic mass is 10.0. The first kappa shape index (κ1) is 17.9. The number of aromatic nitrogens is 1. The fourth-order valence-corrected chi connectivity index (χ4v) is 3.13. The second-order valence-electron chi connectivity index (χ2n) is 5.19. The summed E-state index contributed by atoms with van der Waals surface area (Å²) in [6.45, 7) is -0.341. The number of amides is 1. The minimum Gasteiger partial charge on any atom is -0.467 e. The van der Waals surface area contributed by atoms with Crippen LogP contribution in [0.4, 0.5) is 0 Å². The number of thiophene rings is 1. The van der Waals surface area contributed by atoms with Crippen LogP contribution in [0.1, 0.15) is 5.56 Å². The van der Waals surface area contributed by atoms with Gasteiger partial charge in [-0.2, -0.15) is 5.26 Å². The summed E-state index contributed by atoms with van der Waals surface area (Å²) < 4.78 is 5.46. The second kappa shape index (κ2) is 7.97. The molecule has 2 aromatic heterocycles. The van der Waals surface area contributed by atoms with Gasteiger partial charge in [-0.05, 0) is 35.2 Å². The number of nitriles is 1. The van der Waals surface area contributed by atoms with Gasteiger partial charge in [0.25, 0.3) is 5.91 Å². The molecular formula is C18H13ClN4O2S. The quantitative estimate of drug-likeness (QED) is 0.399. The minimum absolute atomic E-state index is 0.0759. The molecular weight excluding hydrogens is 372 g/mol. The van der Waals surface area contributed by atoms with Crippen LogP contribution in [0.5, 0.6) is 5.88 Å². The number of halogens is 1. The van der Waals surface area contributed by atoms with E-state index in [1.165, 1.54) is 11.3 Å². The number of hydrogen-bond donors (Lipinski definition) is 2. The van der Waals surface area contributed by atoms with Crippen molar-refractivity contribution in [3.63, 3.8) is 0 Å². The van der Waals surface area contributed by atoms with E-state index in [4.69, 9.17) is 22.2 Å². The Hall–Kier alpha value is -2.92. The molecule has 0 aliphatic rings. The van der Waals surface area contributed by atoms with E-state index < -0.39 is 5.91 Å². The highest BCUT2D eigenvalue weighted by Crippen LogP contribution is 2.35. The van der Waals surface area contributed by atoms with Gasteiger partial charge in [0.2, 0.25) is 5.88 Å². The number of pyridine rings is 1. The number of rotatable bonds is 5. The summed E-state index contributed by atoms with van der Waals surface area (Å²) in [4.78, 5) is 16.7. The summed E-state index contributed by atoms with van der Waals surface area (Å²) in [7, 11) is 0. The molecule has 1 amide bonds. The predicted molar refractivity (Wildman–Crippen MR) is 101 cm³/mol. The summed E-state index contributed by atoms with van der Waals surface area (Å²) in [5.41, 5.74) is 4.29. The predicted octanol–water partition coefficient (Wildman–Crippen LogP) is 3.37. The zero-order valence-corrected chi connectivity index (χ0v) is 15.0. The lowest BCUT2D eigenvalue weighted by molar-refractivity contribution is -0.123. The normalized spacial score (nSPS) is 10.2. The van der Waals surface area contributed by atoms with Gasteiger partial charge in [-0.1, -0.05) is 29.8 Å². The maximum Gasteiger partial charge on any atom is 0.271 e. The largest absolute Gasteiger partial charge is 0.467 e. The Kier molecular flexibility index (Phi) is 5.49.